The maximum Gasteiger partial charge on any atom is 0.325 e. The van der Waals surface area contributed by atoms with Gasteiger partial charge in [0.05, 0.1) is 0 Å². The number of rotatable bonds is 3. The van der Waals surface area contributed by atoms with Crippen molar-refractivity contribution >= 4 is 12.0 Å². The number of aliphatic carboxylic acids is 1. The fourth-order valence-electron chi connectivity index (χ4n) is 1.77. The minimum atomic E-state index is -1.03. The van der Waals surface area contributed by atoms with Crippen molar-refractivity contribution in [2.24, 2.45) is 0 Å². The maximum atomic E-state index is 11.4. The van der Waals surface area contributed by atoms with Crippen LogP contribution < -0.4 is 10.6 Å². The summed E-state index contributed by atoms with van der Waals surface area (Å²) in [6.45, 7) is 3.30. The molecule has 3 N–H and O–H groups in total. The smallest absolute Gasteiger partial charge is 0.325 e. The minimum Gasteiger partial charge on any atom is -0.480 e. The largest absolute Gasteiger partial charge is 0.480 e. The monoisotopic (exact) mass is 229 g/mol. The number of piperidine rings is 1. The van der Waals surface area contributed by atoms with E-state index in [-0.39, 0.29) is 6.04 Å². The van der Waals surface area contributed by atoms with Gasteiger partial charge in [-0.2, -0.15) is 0 Å². The number of carboxylic acid groups (broad SMARTS) is 1. The fraction of sp³-hybridized carbons (Fsp3) is 0.800. The van der Waals surface area contributed by atoms with E-state index in [0.717, 1.165) is 25.9 Å². The van der Waals surface area contributed by atoms with Crippen LogP contribution in [0.5, 0.6) is 0 Å². The number of nitrogens with one attached hydrogen (secondary N) is 2. The molecule has 0 bridgehead atoms. The summed E-state index contributed by atoms with van der Waals surface area (Å²) >= 11 is 0. The van der Waals surface area contributed by atoms with Crippen LogP contribution in [-0.4, -0.2) is 54.2 Å². The third-order valence-electron chi connectivity index (χ3n) is 2.68. The van der Waals surface area contributed by atoms with Crippen molar-refractivity contribution in [1.82, 2.24) is 15.5 Å². The Labute approximate surface area is 95.0 Å². The zero-order valence-electron chi connectivity index (χ0n) is 9.69. The van der Waals surface area contributed by atoms with Crippen molar-refractivity contribution < 1.29 is 14.7 Å². The molecular weight excluding hydrogens is 210 g/mol. The van der Waals surface area contributed by atoms with Crippen LogP contribution in [0, 0.1) is 0 Å². The van der Waals surface area contributed by atoms with Gasteiger partial charge in [-0.3, -0.25) is 4.79 Å². The molecule has 0 spiro atoms. The number of carbonyl (C=O) groups excluding carboxylic acids is 1. The molecule has 2 amide bonds. The van der Waals surface area contributed by atoms with Crippen LogP contribution in [0.15, 0.2) is 0 Å². The van der Waals surface area contributed by atoms with Gasteiger partial charge in [-0.15, -0.1) is 0 Å². The lowest BCUT2D eigenvalue weighted by Gasteiger charge is -2.30. The average Bonchev–Trinajstić information content (AvgIpc) is 2.16. The van der Waals surface area contributed by atoms with Crippen molar-refractivity contribution in [1.29, 1.82) is 0 Å². The lowest BCUT2D eigenvalue weighted by molar-refractivity contribution is -0.138. The molecule has 16 heavy (non-hydrogen) atoms. The van der Waals surface area contributed by atoms with E-state index in [4.69, 9.17) is 5.11 Å². The third-order valence-corrected chi connectivity index (χ3v) is 2.68. The first-order valence-electron chi connectivity index (χ1n) is 5.47. The molecular formula is C10H19N3O3. The number of hydrogen-bond acceptors (Lipinski definition) is 3. The van der Waals surface area contributed by atoms with Crippen molar-refractivity contribution in [2.45, 2.75) is 31.8 Å². The number of amides is 2. The molecule has 0 aliphatic carbocycles. The summed E-state index contributed by atoms with van der Waals surface area (Å²) < 4.78 is 0. The quantitative estimate of drug-likeness (QED) is 0.629. The van der Waals surface area contributed by atoms with E-state index in [1.807, 2.05) is 7.05 Å². The SMILES string of the molecule is C[C@H](NC(=O)NC1CCCN(C)C1)C(=O)O. The van der Waals surface area contributed by atoms with E-state index >= 15 is 0 Å². The van der Waals surface area contributed by atoms with E-state index in [0.29, 0.717) is 0 Å². The second-order valence-corrected chi connectivity index (χ2v) is 4.28. The molecule has 6 nitrogen and oxygen atoms in total. The molecule has 92 valence electrons. The molecule has 0 radical (unpaired) electrons. The van der Waals surface area contributed by atoms with Gasteiger partial charge in [0.1, 0.15) is 6.04 Å². The molecule has 1 heterocycles. The second kappa shape index (κ2) is 5.69. The van der Waals surface area contributed by atoms with Gasteiger partial charge in [0.25, 0.3) is 0 Å². The third kappa shape index (κ3) is 4.06. The average molecular weight is 229 g/mol. The Morgan fingerprint density at radius 1 is 1.50 bits per heavy atom. The number of likely N-dealkylation sites (tertiary alicyclic amines) is 1. The molecule has 0 aromatic carbocycles. The summed E-state index contributed by atoms with van der Waals surface area (Å²) in [7, 11) is 2.01. The highest BCUT2D eigenvalue weighted by Crippen LogP contribution is 2.07. The molecule has 2 atom stereocenters. The summed E-state index contributed by atoms with van der Waals surface area (Å²) in [5.74, 6) is -1.03. The number of likely N-dealkylation sites (N-methyl/N-ethyl adjacent to an activating group) is 1. The van der Waals surface area contributed by atoms with E-state index in [1.54, 1.807) is 0 Å². The molecule has 1 aliphatic rings. The number of urea groups is 1. The van der Waals surface area contributed by atoms with Crippen LogP contribution in [-0.2, 0) is 4.79 Å². The zero-order valence-corrected chi connectivity index (χ0v) is 9.69. The van der Waals surface area contributed by atoms with Crippen LogP contribution in [0.25, 0.3) is 0 Å². The molecule has 1 saturated heterocycles. The topological polar surface area (TPSA) is 81.7 Å². The fourth-order valence-corrected chi connectivity index (χ4v) is 1.77. The van der Waals surface area contributed by atoms with Gasteiger partial charge in [0.2, 0.25) is 0 Å². The van der Waals surface area contributed by atoms with Crippen molar-refractivity contribution in [3.63, 3.8) is 0 Å². The summed E-state index contributed by atoms with van der Waals surface area (Å²) in [6.07, 6.45) is 2.00. The van der Waals surface area contributed by atoms with Crippen molar-refractivity contribution in [3.05, 3.63) is 0 Å². The van der Waals surface area contributed by atoms with Crippen LogP contribution in [0.1, 0.15) is 19.8 Å². The number of hydrogen-bond donors (Lipinski definition) is 3. The van der Waals surface area contributed by atoms with E-state index in [1.165, 1.54) is 6.92 Å². The summed E-state index contributed by atoms with van der Waals surface area (Å²) in [5, 5.41) is 13.8. The van der Waals surface area contributed by atoms with E-state index < -0.39 is 18.0 Å². The van der Waals surface area contributed by atoms with Gasteiger partial charge >= 0.3 is 12.0 Å². The second-order valence-electron chi connectivity index (χ2n) is 4.28. The Bertz CT molecular complexity index is 270. The molecule has 0 aromatic heterocycles. The van der Waals surface area contributed by atoms with Gasteiger partial charge in [0, 0.05) is 12.6 Å². The first-order chi connectivity index (χ1) is 7.49. The van der Waals surface area contributed by atoms with Gasteiger partial charge < -0.3 is 20.6 Å². The van der Waals surface area contributed by atoms with Gasteiger partial charge in [0.15, 0.2) is 0 Å². The van der Waals surface area contributed by atoms with E-state index in [2.05, 4.69) is 15.5 Å². The van der Waals surface area contributed by atoms with Gasteiger partial charge in [-0.25, -0.2) is 4.79 Å². The van der Waals surface area contributed by atoms with Crippen LogP contribution in [0.4, 0.5) is 4.79 Å². The summed E-state index contributed by atoms with van der Waals surface area (Å²) in [4.78, 5) is 24.1. The van der Waals surface area contributed by atoms with E-state index in [9.17, 15) is 9.59 Å². The number of carboxylic acids is 1. The standard InChI is InChI=1S/C10H19N3O3/c1-7(9(14)15)11-10(16)12-8-4-3-5-13(2)6-8/h7-8H,3-6H2,1-2H3,(H,14,15)(H2,11,12,16)/t7-,8?/m0/s1. The predicted molar refractivity (Wildman–Crippen MR) is 59.3 cm³/mol. The first-order valence-corrected chi connectivity index (χ1v) is 5.47. The summed E-state index contributed by atoms with van der Waals surface area (Å²) in [6, 6.07) is -1.16. The molecule has 0 aromatic rings. The van der Waals surface area contributed by atoms with Crippen molar-refractivity contribution in [3.8, 4) is 0 Å². The molecule has 1 aliphatic heterocycles. The van der Waals surface area contributed by atoms with Gasteiger partial charge in [-0.1, -0.05) is 0 Å². The Kier molecular flexibility index (Phi) is 4.54. The summed E-state index contributed by atoms with van der Waals surface area (Å²) in [5.41, 5.74) is 0. The lowest BCUT2D eigenvalue weighted by Crippen LogP contribution is -2.52. The Morgan fingerprint density at radius 3 is 2.75 bits per heavy atom. The van der Waals surface area contributed by atoms with Crippen molar-refractivity contribution in [2.75, 3.05) is 20.1 Å². The maximum absolute atomic E-state index is 11.4. The molecule has 1 rings (SSSR count). The zero-order chi connectivity index (χ0) is 12.1. The number of carbonyl (C=O) groups is 2. The highest BCUT2D eigenvalue weighted by atomic mass is 16.4. The molecule has 1 unspecified atom stereocenters. The molecule has 0 saturated carbocycles. The van der Waals surface area contributed by atoms with Gasteiger partial charge in [-0.05, 0) is 33.4 Å². The molecule has 6 heteroatoms. The highest BCUT2D eigenvalue weighted by molar-refractivity contribution is 5.82. The number of nitrogens with zero attached hydrogens (tertiary/aromatic N) is 1. The van der Waals surface area contributed by atoms with Crippen LogP contribution in [0.3, 0.4) is 0 Å². The first kappa shape index (κ1) is 12.8. The minimum absolute atomic E-state index is 0.111. The van der Waals surface area contributed by atoms with Crippen LogP contribution >= 0.6 is 0 Å². The predicted octanol–water partition coefficient (Wildman–Crippen LogP) is -0.147. The Morgan fingerprint density at radius 2 is 2.19 bits per heavy atom. The highest BCUT2D eigenvalue weighted by Gasteiger charge is 2.20. The normalized spacial score (nSPS) is 23.5. The molecule has 1 fully saturated rings. The van der Waals surface area contributed by atoms with Crippen LogP contribution in [0.2, 0.25) is 0 Å². The Balaban J connectivity index is 2.30. The lowest BCUT2D eigenvalue weighted by atomic mass is 10.1. The Hall–Kier alpha value is -1.30.